The molecule has 3 N–H and O–H groups in total. The van der Waals surface area contributed by atoms with E-state index in [9.17, 15) is 9.90 Å². The van der Waals surface area contributed by atoms with Crippen molar-refractivity contribution in [1.82, 2.24) is 14.9 Å². The van der Waals surface area contributed by atoms with Gasteiger partial charge >= 0.3 is 6.01 Å². The molecular weight excluding hydrogens is 480 g/mol. The Kier molecular flexibility index (Phi) is 6.76. The second-order valence-electron chi connectivity index (χ2n) is 10.4. The summed E-state index contributed by atoms with van der Waals surface area (Å²) < 4.78 is 6.19. The molecule has 38 heavy (non-hydrogen) atoms. The molecule has 3 aliphatic heterocycles. The van der Waals surface area contributed by atoms with E-state index < -0.39 is 0 Å². The van der Waals surface area contributed by atoms with Gasteiger partial charge in [0.15, 0.2) is 0 Å². The standard InChI is InChI=1S/C29H34N6O3/c1-2-27(37)33-11-13-34(14-12-33)28-24-8-10-35(26-16-22(36)15-21-5-3-4-6-23(21)26)18-25(24)31-29(32-28)38-19-20-7-9-30-17-20/h2-6,15-16,20,30,36H,1,7-14,17-19H2/p+1/t20-/m1/s1. The van der Waals surface area contributed by atoms with Gasteiger partial charge in [0, 0.05) is 67.8 Å². The molecule has 2 aromatic carbocycles. The van der Waals surface area contributed by atoms with Crippen LogP contribution in [-0.2, 0) is 17.8 Å². The first-order valence-electron chi connectivity index (χ1n) is 13.6. The minimum atomic E-state index is -0.0271. The number of ether oxygens (including phenoxy) is 1. The summed E-state index contributed by atoms with van der Waals surface area (Å²) in [6.45, 7) is 10.6. The second-order valence-corrected chi connectivity index (χ2v) is 10.4. The summed E-state index contributed by atoms with van der Waals surface area (Å²) >= 11 is 0. The monoisotopic (exact) mass is 515 g/mol. The van der Waals surface area contributed by atoms with Gasteiger partial charge in [-0.1, -0.05) is 30.8 Å². The van der Waals surface area contributed by atoms with Crippen LogP contribution in [0.4, 0.5) is 11.5 Å². The molecule has 0 aliphatic carbocycles. The molecule has 1 aromatic heterocycles. The molecule has 2 fully saturated rings. The van der Waals surface area contributed by atoms with Crippen molar-refractivity contribution >= 4 is 28.2 Å². The van der Waals surface area contributed by atoms with E-state index in [2.05, 4.69) is 27.8 Å². The van der Waals surface area contributed by atoms with Crippen LogP contribution < -0.4 is 19.9 Å². The Morgan fingerprint density at radius 1 is 1.13 bits per heavy atom. The van der Waals surface area contributed by atoms with Gasteiger partial charge in [0.25, 0.3) is 0 Å². The van der Waals surface area contributed by atoms with Crippen molar-refractivity contribution in [2.75, 3.05) is 62.2 Å². The van der Waals surface area contributed by atoms with E-state index in [4.69, 9.17) is 14.7 Å². The van der Waals surface area contributed by atoms with E-state index in [1.807, 2.05) is 29.2 Å². The number of benzene rings is 2. The number of piperazine rings is 1. The summed E-state index contributed by atoms with van der Waals surface area (Å²) in [5.74, 6) is 1.67. The maximum absolute atomic E-state index is 12.1. The van der Waals surface area contributed by atoms with Gasteiger partial charge in [0.1, 0.15) is 11.6 Å². The SMILES string of the molecule is C=CC(=O)N1CCN(c2nc(OC[C@@H]3CC[NH2+]C3)nc3c2CCN(c2cc(O)cc4ccccc24)C3)CC1. The minimum Gasteiger partial charge on any atom is -0.508 e. The number of phenolic OH excluding ortho intramolecular Hbond substituents is 1. The molecule has 1 amide bonds. The van der Waals surface area contributed by atoms with Crippen LogP contribution in [0.3, 0.4) is 0 Å². The van der Waals surface area contributed by atoms with Crippen LogP contribution >= 0.6 is 0 Å². The number of quaternary nitrogens is 1. The van der Waals surface area contributed by atoms with Crippen molar-refractivity contribution in [2.45, 2.75) is 19.4 Å². The van der Waals surface area contributed by atoms with Crippen LogP contribution in [0.2, 0.25) is 0 Å². The lowest BCUT2D eigenvalue weighted by Crippen LogP contribution is -2.81. The van der Waals surface area contributed by atoms with Crippen LogP contribution in [0.1, 0.15) is 17.7 Å². The zero-order valence-corrected chi connectivity index (χ0v) is 21.7. The fraction of sp³-hybridized carbons (Fsp3) is 0.414. The highest BCUT2D eigenvalue weighted by Gasteiger charge is 2.29. The highest BCUT2D eigenvalue weighted by Crippen LogP contribution is 2.36. The van der Waals surface area contributed by atoms with E-state index in [1.165, 1.54) is 6.08 Å². The Bertz CT molecular complexity index is 1350. The van der Waals surface area contributed by atoms with Gasteiger partial charge in [0.05, 0.1) is 31.9 Å². The molecule has 3 aliphatic rings. The molecule has 2 saturated heterocycles. The van der Waals surface area contributed by atoms with Crippen LogP contribution in [0, 0.1) is 5.92 Å². The van der Waals surface area contributed by atoms with Crippen molar-refractivity contribution in [3.63, 3.8) is 0 Å². The summed E-state index contributed by atoms with van der Waals surface area (Å²) in [4.78, 5) is 28.3. The van der Waals surface area contributed by atoms with Gasteiger partial charge in [-0.15, -0.1) is 0 Å². The average Bonchev–Trinajstić information content (AvgIpc) is 3.48. The zero-order chi connectivity index (χ0) is 26.1. The highest BCUT2D eigenvalue weighted by molar-refractivity contribution is 5.95. The summed E-state index contributed by atoms with van der Waals surface area (Å²) in [6.07, 6.45) is 3.32. The summed E-state index contributed by atoms with van der Waals surface area (Å²) in [5.41, 5.74) is 3.12. The normalized spacial score (nSPS) is 19.5. The fourth-order valence-corrected chi connectivity index (χ4v) is 5.89. The first-order valence-corrected chi connectivity index (χ1v) is 13.6. The Morgan fingerprint density at radius 3 is 2.76 bits per heavy atom. The number of carbonyl (C=O) groups is 1. The second kappa shape index (κ2) is 10.5. The number of anilines is 2. The number of amides is 1. The van der Waals surface area contributed by atoms with Gasteiger partial charge in [-0.25, -0.2) is 0 Å². The molecule has 198 valence electrons. The Labute approximate surface area is 222 Å². The van der Waals surface area contributed by atoms with Gasteiger partial charge in [0.2, 0.25) is 5.91 Å². The van der Waals surface area contributed by atoms with Crippen molar-refractivity contribution in [3.8, 4) is 11.8 Å². The van der Waals surface area contributed by atoms with Crippen molar-refractivity contribution in [1.29, 1.82) is 0 Å². The Balaban J connectivity index is 1.31. The number of nitrogens with zero attached hydrogens (tertiary/aromatic N) is 5. The Hall–Kier alpha value is -3.85. The number of aromatic nitrogens is 2. The van der Waals surface area contributed by atoms with Crippen LogP contribution in [0.5, 0.6) is 11.8 Å². The highest BCUT2D eigenvalue weighted by atomic mass is 16.5. The van der Waals surface area contributed by atoms with Crippen LogP contribution in [-0.4, -0.2) is 78.3 Å². The fourth-order valence-electron chi connectivity index (χ4n) is 5.89. The Morgan fingerprint density at radius 2 is 1.97 bits per heavy atom. The molecule has 1 atom stereocenters. The minimum absolute atomic E-state index is 0.0271. The lowest BCUT2D eigenvalue weighted by Gasteiger charge is -2.38. The molecule has 0 spiro atoms. The number of aromatic hydroxyl groups is 1. The van der Waals surface area contributed by atoms with Gasteiger partial charge < -0.3 is 29.9 Å². The van der Waals surface area contributed by atoms with Crippen LogP contribution in [0.25, 0.3) is 10.8 Å². The number of nitrogens with two attached hydrogens (primary N) is 1. The quantitative estimate of drug-likeness (QED) is 0.482. The molecule has 0 bridgehead atoms. The first-order chi connectivity index (χ1) is 18.6. The molecule has 0 unspecified atom stereocenters. The van der Waals surface area contributed by atoms with E-state index in [0.717, 1.165) is 66.0 Å². The summed E-state index contributed by atoms with van der Waals surface area (Å²) in [7, 11) is 0. The third kappa shape index (κ3) is 4.86. The van der Waals surface area contributed by atoms with Crippen LogP contribution in [0.15, 0.2) is 49.1 Å². The lowest BCUT2D eigenvalue weighted by atomic mass is 10.0. The molecule has 0 saturated carbocycles. The van der Waals surface area contributed by atoms with Gasteiger partial charge in [-0.3, -0.25) is 4.79 Å². The topological polar surface area (TPSA) is 98.6 Å². The molecule has 3 aromatic rings. The molecule has 0 radical (unpaired) electrons. The largest absolute Gasteiger partial charge is 0.508 e. The maximum atomic E-state index is 12.1. The van der Waals surface area contributed by atoms with Gasteiger partial charge in [-0.2, -0.15) is 9.97 Å². The number of carbonyl (C=O) groups excluding carboxylic acids is 1. The molecule has 9 heteroatoms. The first kappa shape index (κ1) is 24.5. The average molecular weight is 516 g/mol. The number of fused-ring (bicyclic) bond motifs is 2. The predicted octanol–water partition coefficient (Wildman–Crippen LogP) is 1.69. The van der Waals surface area contributed by atoms with E-state index in [0.29, 0.717) is 51.3 Å². The third-order valence-electron chi connectivity index (χ3n) is 7.98. The van der Waals surface area contributed by atoms with Gasteiger partial charge in [-0.05, 0) is 23.9 Å². The number of hydrogen-bond acceptors (Lipinski definition) is 7. The van der Waals surface area contributed by atoms with E-state index in [1.54, 1.807) is 6.07 Å². The maximum Gasteiger partial charge on any atom is 0.318 e. The molecule has 4 heterocycles. The molecule has 6 rings (SSSR count). The van der Waals surface area contributed by atoms with E-state index >= 15 is 0 Å². The van der Waals surface area contributed by atoms with Crippen molar-refractivity contribution < 1.29 is 20.0 Å². The van der Waals surface area contributed by atoms with Crippen molar-refractivity contribution in [2.24, 2.45) is 5.92 Å². The zero-order valence-electron chi connectivity index (χ0n) is 21.7. The van der Waals surface area contributed by atoms with Crippen molar-refractivity contribution in [3.05, 3.63) is 60.3 Å². The number of phenols is 1. The van der Waals surface area contributed by atoms with E-state index in [-0.39, 0.29) is 11.7 Å². The number of hydrogen-bond donors (Lipinski definition) is 2. The summed E-state index contributed by atoms with van der Waals surface area (Å²) in [5, 5.41) is 14.9. The third-order valence-corrected chi connectivity index (χ3v) is 7.98. The smallest absolute Gasteiger partial charge is 0.318 e. The summed E-state index contributed by atoms with van der Waals surface area (Å²) in [6, 6.07) is 12.2. The number of rotatable bonds is 6. The predicted molar refractivity (Wildman–Crippen MR) is 147 cm³/mol. The molecular formula is C29H35N6O3+. The molecule has 9 nitrogen and oxygen atoms in total. The lowest BCUT2D eigenvalue weighted by molar-refractivity contribution is -0.638.